The summed E-state index contributed by atoms with van der Waals surface area (Å²) >= 11 is 0. The van der Waals surface area contributed by atoms with Gasteiger partial charge >= 0.3 is 12.0 Å². The molecule has 2 aromatic rings. The Morgan fingerprint density at radius 1 is 1.07 bits per heavy atom. The van der Waals surface area contributed by atoms with Crippen LogP contribution in [0.4, 0.5) is 4.79 Å². The second kappa shape index (κ2) is 8.47. The van der Waals surface area contributed by atoms with Crippen molar-refractivity contribution in [1.82, 2.24) is 10.6 Å². The molecule has 7 nitrogen and oxygen atoms in total. The molecule has 1 atom stereocenters. The molecule has 0 aromatic heterocycles. The lowest BCUT2D eigenvalue weighted by molar-refractivity contribution is -0.136. The second-order valence-corrected chi connectivity index (χ2v) is 6.25. The zero-order chi connectivity index (χ0) is 20.1. The molecule has 2 amide bonds. The van der Waals surface area contributed by atoms with E-state index in [9.17, 15) is 9.59 Å². The maximum absolute atomic E-state index is 12.3. The molecule has 3 rings (SSSR count). The summed E-state index contributed by atoms with van der Waals surface area (Å²) in [6, 6.07) is 14.0. The molecular formula is C21H22N2O5. The van der Waals surface area contributed by atoms with E-state index in [2.05, 4.69) is 10.6 Å². The average molecular weight is 382 g/mol. The summed E-state index contributed by atoms with van der Waals surface area (Å²) in [7, 11) is 2.86. The van der Waals surface area contributed by atoms with Crippen molar-refractivity contribution in [3.63, 3.8) is 0 Å². The number of rotatable bonds is 6. The monoisotopic (exact) mass is 382 g/mol. The van der Waals surface area contributed by atoms with E-state index in [0.717, 1.165) is 5.56 Å². The normalized spacial score (nSPS) is 16.1. The van der Waals surface area contributed by atoms with Gasteiger partial charge in [0.05, 0.1) is 25.8 Å². The lowest BCUT2D eigenvalue weighted by Gasteiger charge is -2.28. The van der Waals surface area contributed by atoms with Crippen molar-refractivity contribution in [2.45, 2.75) is 19.6 Å². The summed E-state index contributed by atoms with van der Waals surface area (Å²) in [6.07, 6.45) is 0. The third kappa shape index (κ3) is 4.09. The van der Waals surface area contributed by atoms with Crippen molar-refractivity contribution in [2.75, 3.05) is 14.2 Å². The number of esters is 1. The standard InChI is InChI=1S/C21H22N2O5/c1-13-18(20(24)27-3)19(23-21(25)22-13)15-9-10-16(26-2)17(11-15)28-12-14-7-5-4-6-8-14/h4-11,19H,12H2,1-3H3,(H2,22,23,25)/t19-/m1/s1. The van der Waals surface area contributed by atoms with E-state index >= 15 is 0 Å². The summed E-state index contributed by atoms with van der Waals surface area (Å²) in [4.78, 5) is 24.2. The van der Waals surface area contributed by atoms with Gasteiger partial charge in [0.25, 0.3) is 0 Å². The quantitative estimate of drug-likeness (QED) is 0.750. The number of carbonyl (C=O) groups is 2. The molecule has 2 N–H and O–H groups in total. The van der Waals surface area contributed by atoms with Gasteiger partial charge in [-0.1, -0.05) is 36.4 Å². The Hall–Kier alpha value is -3.48. The number of urea groups is 1. The van der Waals surface area contributed by atoms with Crippen molar-refractivity contribution in [2.24, 2.45) is 0 Å². The Balaban J connectivity index is 1.94. The number of benzene rings is 2. The van der Waals surface area contributed by atoms with Crippen LogP contribution in [0.5, 0.6) is 11.5 Å². The summed E-state index contributed by atoms with van der Waals surface area (Å²) in [5, 5.41) is 5.36. The summed E-state index contributed by atoms with van der Waals surface area (Å²) in [6.45, 7) is 2.02. The number of ether oxygens (including phenoxy) is 3. The third-order valence-corrected chi connectivity index (χ3v) is 4.43. The van der Waals surface area contributed by atoms with Crippen LogP contribution in [0.2, 0.25) is 0 Å². The van der Waals surface area contributed by atoms with Crippen LogP contribution in [0, 0.1) is 0 Å². The molecule has 1 heterocycles. The van der Waals surface area contributed by atoms with Gasteiger partial charge in [0.2, 0.25) is 0 Å². The molecule has 0 saturated heterocycles. The minimum Gasteiger partial charge on any atom is -0.493 e. The SMILES string of the molecule is COC(=O)C1=C(C)NC(=O)N[C@@H]1c1ccc(OC)c(OCc2ccccc2)c1. The van der Waals surface area contributed by atoms with Gasteiger partial charge in [0.15, 0.2) is 11.5 Å². The lowest BCUT2D eigenvalue weighted by Crippen LogP contribution is -2.45. The summed E-state index contributed by atoms with van der Waals surface area (Å²) in [5.74, 6) is 0.552. The van der Waals surface area contributed by atoms with E-state index in [4.69, 9.17) is 14.2 Å². The smallest absolute Gasteiger partial charge is 0.337 e. The fourth-order valence-corrected chi connectivity index (χ4v) is 3.05. The zero-order valence-corrected chi connectivity index (χ0v) is 15.9. The number of nitrogens with one attached hydrogen (secondary N) is 2. The van der Waals surface area contributed by atoms with Crippen LogP contribution in [0.3, 0.4) is 0 Å². The molecule has 28 heavy (non-hydrogen) atoms. The van der Waals surface area contributed by atoms with E-state index in [-0.39, 0.29) is 0 Å². The number of hydrogen-bond acceptors (Lipinski definition) is 5. The summed E-state index contributed by atoms with van der Waals surface area (Å²) in [5.41, 5.74) is 2.47. The summed E-state index contributed by atoms with van der Waals surface area (Å²) < 4.78 is 16.2. The van der Waals surface area contributed by atoms with Crippen molar-refractivity contribution < 1.29 is 23.8 Å². The van der Waals surface area contributed by atoms with E-state index in [0.29, 0.717) is 34.9 Å². The zero-order valence-electron chi connectivity index (χ0n) is 15.9. The third-order valence-electron chi connectivity index (χ3n) is 4.43. The van der Waals surface area contributed by atoms with E-state index in [1.165, 1.54) is 7.11 Å². The molecule has 0 unspecified atom stereocenters. The van der Waals surface area contributed by atoms with Crippen LogP contribution >= 0.6 is 0 Å². The van der Waals surface area contributed by atoms with Gasteiger partial charge in [0.1, 0.15) is 6.61 Å². The first-order chi connectivity index (χ1) is 13.5. The average Bonchev–Trinajstić information content (AvgIpc) is 2.71. The minimum atomic E-state index is -0.661. The number of hydrogen-bond donors (Lipinski definition) is 2. The van der Waals surface area contributed by atoms with Gasteiger partial charge in [-0.25, -0.2) is 9.59 Å². The van der Waals surface area contributed by atoms with Crippen molar-refractivity contribution in [3.05, 3.63) is 70.9 Å². The predicted molar refractivity (Wildman–Crippen MR) is 103 cm³/mol. The van der Waals surface area contributed by atoms with Crippen LogP contribution in [-0.2, 0) is 16.1 Å². The Bertz CT molecular complexity index is 908. The highest BCUT2D eigenvalue weighted by atomic mass is 16.5. The molecule has 0 radical (unpaired) electrons. The maximum Gasteiger partial charge on any atom is 0.337 e. The molecule has 7 heteroatoms. The number of methoxy groups -OCH3 is 2. The van der Waals surface area contributed by atoms with E-state index in [1.807, 2.05) is 30.3 Å². The number of allylic oxidation sites excluding steroid dienone is 1. The fourth-order valence-electron chi connectivity index (χ4n) is 3.05. The van der Waals surface area contributed by atoms with Gasteiger partial charge in [-0.15, -0.1) is 0 Å². The van der Waals surface area contributed by atoms with Gasteiger partial charge < -0.3 is 24.8 Å². The van der Waals surface area contributed by atoms with Crippen LogP contribution in [0.25, 0.3) is 0 Å². The first kappa shape index (κ1) is 19.3. The van der Waals surface area contributed by atoms with Crippen molar-refractivity contribution >= 4 is 12.0 Å². The van der Waals surface area contributed by atoms with Gasteiger partial charge in [0, 0.05) is 5.70 Å². The molecule has 1 aliphatic rings. The van der Waals surface area contributed by atoms with Crippen molar-refractivity contribution in [1.29, 1.82) is 0 Å². The highest BCUT2D eigenvalue weighted by Gasteiger charge is 2.32. The molecule has 0 aliphatic carbocycles. The minimum absolute atomic E-state index is 0.335. The Morgan fingerprint density at radius 2 is 1.82 bits per heavy atom. The van der Waals surface area contributed by atoms with E-state index in [1.54, 1.807) is 32.2 Å². The first-order valence-corrected chi connectivity index (χ1v) is 8.74. The predicted octanol–water partition coefficient (Wildman–Crippen LogP) is 3.08. The molecule has 0 bridgehead atoms. The number of amides is 2. The Morgan fingerprint density at radius 3 is 2.50 bits per heavy atom. The molecule has 0 saturated carbocycles. The van der Waals surface area contributed by atoms with Crippen LogP contribution in [-0.4, -0.2) is 26.2 Å². The molecule has 2 aromatic carbocycles. The lowest BCUT2D eigenvalue weighted by atomic mass is 9.95. The maximum atomic E-state index is 12.3. The van der Waals surface area contributed by atoms with Crippen LogP contribution in [0.1, 0.15) is 24.1 Å². The molecule has 0 fully saturated rings. The highest BCUT2D eigenvalue weighted by molar-refractivity contribution is 5.95. The van der Waals surface area contributed by atoms with Crippen molar-refractivity contribution in [3.8, 4) is 11.5 Å². The molecular weight excluding hydrogens is 360 g/mol. The Labute approximate surface area is 163 Å². The number of carbonyl (C=O) groups excluding carboxylic acids is 2. The van der Waals surface area contributed by atoms with Gasteiger partial charge in [-0.05, 0) is 30.2 Å². The highest BCUT2D eigenvalue weighted by Crippen LogP contribution is 2.34. The Kier molecular flexibility index (Phi) is 5.84. The van der Waals surface area contributed by atoms with Gasteiger partial charge in [-0.3, -0.25) is 0 Å². The van der Waals surface area contributed by atoms with Gasteiger partial charge in [-0.2, -0.15) is 0 Å². The topological polar surface area (TPSA) is 85.9 Å². The molecule has 1 aliphatic heterocycles. The molecule has 0 spiro atoms. The molecule has 146 valence electrons. The van der Waals surface area contributed by atoms with Crippen LogP contribution in [0.15, 0.2) is 59.8 Å². The van der Waals surface area contributed by atoms with E-state index < -0.39 is 18.0 Å². The second-order valence-electron chi connectivity index (χ2n) is 6.25. The largest absolute Gasteiger partial charge is 0.493 e. The first-order valence-electron chi connectivity index (χ1n) is 8.74. The van der Waals surface area contributed by atoms with Crippen LogP contribution < -0.4 is 20.1 Å². The fraction of sp³-hybridized carbons (Fsp3) is 0.238.